The maximum atomic E-state index is 12.6. The molecule has 0 aliphatic carbocycles. The molecule has 7 nitrogen and oxygen atoms in total. The van der Waals surface area contributed by atoms with Gasteiger partial charge in [0.05, 0.1) is 10.6 Å². The number of benzene rings is 2. The summed E-state index contributed by atoms with van der Waals surface area (Å²) in [7, 11) is 0. The molecule has 0 saturated heterocycles. The van der Waals surface area contributed by atoms with Crippen LogP contribution in [0.2, 0.25) is 5.02 Å². The average Bonchev–Trinajstić information content (AvgIpc) is 2.82. The number of rotatable bonds is 9. The number of carbonyl (C=O) groups excluding carboxylic acids is 2. The summed E-state index contributed by atoms with van der Waals surface area (Å²) in [6.45, 7) is -0.757. The summed E-state index contributed by atoms with van der Waals surface area (Å²) in [6, 6.07) is 16.8. The lowest BCUT2D eigenvalue weighted by Gasteiger charge is -2.11. The fourth-order valence-corrected chi connectivity index (χ4v) is 2.77. The number of hydrogen-bond acceptors (Lipinski definition) is 6. The first kappa shape index (κ1) is 24.8. The van der Waals surface area contributed by atoms with Crippen molar-refractivity contribution in [2.45, 2.75) is 12.8 Å². The zero-order valence-electron chi connectivity index (χ0n) is 17.5. The highest BCUT2D eigenvalue weighted by atomic mass is 35.5. The van der Waals surface area contributed by atoms with Crippen LogP contribution in [-0.2, 0) is 27.1 Å². The van der Waals surface area contributed by atoms with Gasteiger partial charge in [-0.2, -0.15) is 13.2 Å². The molecule has 0 spiro atoms. The predicted molar refractivity (Wildman–Crippen MR) is 117 cm³/mol. The molecule has 0 atom stereocenters. The fourth-order valence-electron chi connectivity index (χ4n) is 2.56. The fraction of sp³-hybridized carbons (Fsp3) is 0.174. The Balaban J connectivity index is 1.39. The minimum atomic E-state index is -4.62. The van der Waals surface area contributed by atoms with E-state index < -0.39 is 41.9 Å². The van der Waals surface area contributed by atoms with E-state index in [1.54, 1.807) is 24.3 Å². The number of carbonyl (C=O) groups is 2. The Morgan fingerprint density at radius 3 is 2.21 bits per heavy atom. The maximum absolute atomic E-state index is 12.6. The van der Waals surface area contributed by atoms with Crippen molar-refractivity contribution in [2.24, 2.45) is 0 Å². The Hall–Kier alpha value is -3.79. The normalized spacial score (nSPS) is 10.9. The quantitative estimate of drug-likeness (QED) is 0.426. The van der Waals surface area contributed by atoms with Gasteiger partial charge in [0.25, 0.3) is 5.91 Å². The Morgan fingerprint density at radius 2 is 1.59 bits per heavy atom. The van der Waals surface area contributed by atoms with Gasteiger partial charge in [0.15, 0.2) is 19.0 Å². The molecule has 1 amide bonds. The van der Waals surface area contributed by atoms with Crippen LogP contribution in [-0.4, -0.2) is 30.1 Å². The van der Waals surface area contributed by atoms with Crippen molar-refractivity contribution in [2.75, 3.05) is 18.5 Å². The van der Waals surface area contributed by atoms with Gasteiger partial charge in [-0.3, -0.25) is 4.79 Å². The van der Waals surface area contributed by atoms with Crippen LogP contribution in [0.25, 0.3) is 0 Å². The number of pyridine rings is 1. The van der Waals surface area contributed by atoms with Gasteiger partial charge in [-0.1, -0.05) is 41.9 Å². The van der Waals surface area contributed by atoms with E-state index in [2.05, 4.69) is 10.3 Å². The van der Waals surface area contributed by atoms with Crippen LogP contribution in [0.4, 0.5) is 19.0 Å². The summed E-state index contributed by atoms with van der Waals surface area (Å²) >= 11 is 5.71. The molecule has 1 aromatic heterocycles. The molecule has 1 N–H and O–H groups in total. The van der Waals surface area contributed by atoms with Gasteiger partial charge in [0, 0.05) is 6.20 Å². The number of esters is 1. The summed E-state index contributed by atoms with van der Waals surface area (Å²) in [6.07, 6.45) is -4.09. The van der Waals surface area contributed by atoms with E-state index in [1.165, 1.54) is 0 Å². The van der Waals surface area contributed by atoms with E-state index in [-0.39, 0.29) is 5.82 Å². The summed E-state index contributed by atoms with van der Waals surface area (Å²) in [5.74, 6) is -0.949. The van der Waals surface area contributed by atoms with Crippen LogP contribution in [0.15, 0.2) is 66.9 Å². The lowest BCUT2D eigenvalue weighted by atomic mass is 10.2. The Labute approximate surface area is 197 Å². The van der Waals surface area contributed by atoms with Gasteiger partial charge < -0.3 is 19.5 Å². The first-order valence-electron chi connectivity index (χ1n) is 9.78. The minimum Gasteiger partial charge on any atom is -0.489 e. The Morgan fingerprint density at radius 1 is 0.941 bits per heavy atom. The smallest absolute Gasteiger partial charge is 0.417 e. The molecule has 1 heterocycles. The third-order valence-electron chi connectivity index (χ3n) is 4.22. The maximum Gasteiger partial charge on any atom is 0.417 e. The predicted octanol–water partition coefficient (Wildman–Crippen LogP) is 4.89. The number of amides is 1. The van der Waals surface area contributed by atoms with Gasteiger partial charge in [-0.15, -0.1) is 0 Å². The van der Waals surface area contributed by atoms with Crippen molar-refractivity contribution in [3.63, 3.8) is 0 Å². The van der Waals surface area contributed by atoms with E-state index in [0.717, 1.165) is 5.56 Å². The van der Waals surface area contributed by atoms with Crippen molar-refractivity contribution in [1.29, 1.82) is 0 Å². The number of alkyl halides is 3. The molecule has 0 unspecified atom stereocenters. The molecule has 0 radical (unpaired) electrons. The van der Waals surface area contributed by atoms with Crippen molar-refractivity contribution in [3.05, 3.63) is 83.0 Å². The molecular formula is C23H18ClF3N2O5. The number of hydrogen-bond donors (Lipinski definition) is 1. The zero-order chi connectivity index (χ0) is 24.6. The number of halogens is 4. The van der Waals surface area contributed by atoms with Crippen molar-refractivity contribution in [1.82, 2.24) is 4.98 Å². The number of nitrogens with one attached hydrogen (secondary N) is 1. The number of aromatic nitrogens is 1. The van der Waals surface area contributed by atoms with Gasteiger partial charge in [0.2, 0.25) is 0 Å². The third-order valence-corrected chi connectivity index (χ3v) is 4.51. The molecule has 0 aliphatic rings. The highest BCUT2D eigenvalue weighted by molar-refractivity contribution is 6.33. The van der Waals surface area contributed by atoms with Crippen molar-refractivity contribution < 1.29 is 37.0 Å². The molecule has 178 valence electrons. The van der Waals surface area contributed by atoms with E-state index in [4.69, 9.17) is 25.8 Å². The molecular weight excluding hydrogens is 477 g/mol. The second kappa shape index (κ2) is 11.4. The third kappa shape index (κ3) is 7.66. The molecule has 34 heavy (non-hydrogen) atoms. The van der Waals surface area contributed by atoms with Crippen LogP contribution in [0.1, 0.15) is 11.1 Å². The molecule has 0 bridgehead atoms. The largest absolute Gasteiger partial charge is 0.489 e. The highest BCUT2D eigenvalue weighted by Crippen LogP contribution is 2.32. The van der Waals surface area contributed by atoms with E-state index in [1.807, 2.05) is 30.3 Å². The average molecular weight is 495 g/mol. The van der Waals surface area contributed by atoms with Crippen LogP contribution in [0.5, 0.6) is 11.5 Å². The van der Waals surface area contributed by atoms with E-state index in [0.29, 0.717) is 30.4 Å². The second-order valence-electron chi connectivity index (χ2n) is 6.80. The molecule has 0 aliphatic heterocycles. The number of nitrogens with zero attached hydrogens (tertiary/aromatic N) is 1. The van der Waals surface area contributed by atoms with Gasteiger partial charge in [0.1, 0.15) is 18.1 Å². The number of ether oxygens (including phenoxy) is 3. The van der Waals surface area contributed by atoms with Gasteiger partial charge in [-0.05, 0) is 35.9 Å². The summed E-state index contributed by atoms with van der Waals surface area (Å²) in [5.41, 5.74) is -0.0409. The lowest BCUT2D eigenvalue weighted by molar-refractivity contribution is -0.149. The summed E-state index contributed by atoms with van der Waals surface area (Å²) in [5, 5.41) is 1.76. The second-order valence-corrected chi connectivity index (χ2v) is 7.20. The van der Waals surface area contributed by atoms with Crippen LogP contribution >= 0.6 is 11.6 Å². The van der Waals surface area contributed by atoms with Crippen LogP contribution in [0, 0.1) is 0 Å². The SMILES string of the molecule is O=C(COC(=O)COc1ccc(OCc2ccccc2)cc1)Nc1ncc(C(F)(F)F)cc1Cl. The highest BCUT2D eigenvalue weighted by Gasteiger charge is 2.31. The van der Waals surface area contributed by atoms with E-state index >= 15 is 0 Å². The van der Waals surface area contributed by atoms with Crippen molar-refractivity contribution in [3.8, 4) is 11.5 Å². The molecule has 2 aromatic carbocycles. The molecule has 3 rings (SSSR count). The monoisotopic (exact) mass is 494 g/mol. The molecule has 3 aromatic rings. The van der Waals surface area contributed by atoms with Gasteiger partial charge >= 0.3 is 12.1 Å². The summed E-state index contributed by atoms with van der Waals surface area (Å²) in [4.78, 5) is 27.1. The topological polar surface area (TPSA) is 86.8 Å². The first-order chi connectivity index (χ1) is 16.2. The minimum absolute atomic E-state index is 0.290. The zero-order valence-corrected chi connectivity index (χ0v) is 18.2. The van der Waals surface area contributed by atoms with Crippen LogP contribution in [0.3, 0.4) is 0 Å². The Kier molecular flexibility index (Phi) is 8.31. The Bertz CT molecular complexity index is 1130. The first-order valence-corrected chi connectivity index (χ1v) is 10.2. The van der Waals surface area contributed by atoms with Crippen LogP contribution < -0.4 is 14.8 Å². The number of anilines is 1. The standard InChI is InChI=1S/C23H18ClF3N2O5/c24-19-10-16(23(25,26)27)11-28-22(19)29-20(30)13-34-21(31)14-33-18-8-6-17(7-9-18)32-12-15-4-2-1-3-5-15/h1-11H,12-14H2,(H,28,29,30). The molecule has 0 saturated carbocycles. The molecule has 0 fully saturated rings. The summed E-state index contributed by atoms with van der Waals surface area (Å²) < 4.78 is 53.6. The van der Waals surface area contributed by atoms with Gasteiger partial charge in [-0.25, -0.2) is 9.78 Å². The molecule has 11 heteroatoms. The van der Waals surface area contributed by atoms with Crippen molar-refractivity contribution >= 4 is 29.3 Å². The van der Waals surface area contributed by atoms with E-state index in [9.17, 15) is 22.8 Å². The lowest BCUT2D eigenvalue weighted by Crippen LogP contribution is -2.24.